The zero-order valence-corrected chi connectivity index (χ0v) is 8.25. The molecule has 2 atom stereocenters. The van der Waals surface area contributed by atoms with E-state index in [1.54, 1.807) is 10.9 Å². The Morgan fingerprint density at radius 1 is 1.30 bits per heavy atom. The lowest BCUT2D eigenvalue weighted by Gasteiger charge is -2.09. The van der Waals surface area contributed by atoms with Crippen LogP contribution in [0, 0.1) is 0 Å². The van der Waals surface area contributed by atoms with Crippen LogP contribution in [-0.4, -0.2) is 19.5 Å². The van der Waals surface area contributed by atoms with Gasteiger partial charge in [-0.1, -0.05) is 27.4 Å². The molecule has 0 bridgehead atoms. The second-order valence-corrected chi connectivity index (χ2v) is 9.90. The molecule has 10 heavy (non-hydrogen) atoms. The van der Waals surface area contributed by atoms with E-state index in [1.165, 1.54) is 12.6 Å². The van der Waals surface area contributed by atoms with Gasteiger partial charge in [-0.25, -0.2) is 0 Å². The standard InChI is InChI=1S/C8H12P2/c1-9-6-7-4-3-5-8(7)10(9)2/h4-5H,3,6H2,1-2H3. The Labute approximate surface area is 64.8 Å². The van der Waals surface area contributed by atoms with Crippen LogP contribution in [0.2, 0.25) is 0 Å². The molecule has 1 saturated heterocycles. The largest absolute Gasteiger partial charge is 0.0765 e. The van der Waals surface area contributed by atoms with E-state index >= 15 is 0 Å². The van der Waals surface area contributed by atoms with E-state index in [-0.39, 0.29) is 0 Å². The first kappa shape index (κ1) is 7.01. The predicted molar refractivity (Wildman–Crippen MR) is 51.3 cm³/mol. The SMILES string of the molecule is CP1CC2=CCC=C2P1C. The van der Waals surface area contributed by atoms with E-state index in [4.69, 9.17) is 0 Å². The topological polar surface area (TPSA) is 0 Å². The van der Waals surface area contributed by atoms with Gasteiger partial charge >= 0.3 is 0 Å². The summed E-state index contributed by atoms with van der Waals surface area (Å²) in [6.45, 7) is 4.89. The van der Waals surface area contributed by atoms with Gasteiger partial charge in [0.05, 0.1) is 0 Å². The van der Waals surface area contributed by atoms with Crippen molar-refractivity contribution in [3.8, 4) is 0 Å². The Morgan fingerprint density at radius 2 is 2.10 bits per heavy atom. The highest BCUT2D eigenvalue weighted by Crippen LogP contribution is 2.77. The molecule has 0 aromatic carbocycles. The normalized spacial score (nSPS) is 37.4. The van der Waals surface area contributed by atoms with Crippen molar-refractivity contribution in [2.45, 2.75) is 6.42 Å². The summed E-state index contributed by atoms with van der Waals surface area (Å²) in [5.74, 6) is 0. The molecular formula is C8H12P2. The third-order valence-electron chi connectivity index (χ3n) is 2.26. The Balaban J connectivity index is 2.33. The number of hydrogen-bond acceptors (Lipinski definition) is 0. The van der Waals surface area contributed by atoms with Crippen molar-refractivity contribution < 1.29 is 0 Å². The molecule has 0 radical (unpaired) electrons. The van der Waals surface area contributed by atoms with Crippen LogP contribution < -0.4 is 0 Å². The lowest BCUT2D eigenvalue weighted by atomic mass is 10.3. The van der Waals surface area contributed by atoms with Crippen LogP contribution in [0.5, 0.6) is 0 Å². The van der Waals surface area contributed by atoms with E-state index in [2.05, 4.69) is 25.5 Å². The molecule has 1 aliphatic heterocycles. The van der Waals surface area contributed by atoms with Gasteiger partial charge in [0.1, 0.15) is 0 Å². The molecule has 0 nitrogen and oxygen atoms in total. The fourth-order valence-corrected chi connectivity index (χ4v) is 6.85. The van der Waals surface area contributed by atoms with Crippen LogP contribution in [0.1, 0.15) is 6.42 Å². The minimum atomic E-state index is 0.291. The maximum absolute atomic E-state index is 2.45. The van der Waals surface area contributed by atoms with Crippen LogP contribution in [0.4, 0.5) is 0 Å². The maximum atomic E-state index is 2.45. The van der Waals surface area contributed by atoms with Gasteiger partial charge in [0.25, 0.3) is 0 Å². The van der Waals surface area contributed by atoms with Crippen molar-refractivity contribution >= 4 is 15.2 Å². The van der Waals surface area contributed by atoms with Crippen molar-refractivity contribution in [3.05, 3.63) is 23.0 Å². The molecule has 2 rings (SSSR count). The third kappa shape index (κ3) is 0.900. The molecule has 0 saturated carbocycles. The molecule has 0 spiro atoms. The monoisotopic (exact) mass is 170 g/mol. The molecule has 2 unspecified atom stereocenters. The summed E-state index contributed by atoms with van der Waals surface area (Å²) in [5, 5.41) is 1.74. The molecule has 54 valence electrons. The summed E-state index contributed by atoms with van der Waals surface area (Å²) in [7, 11) is 0.660. The van der Waals surface area contributed by atoms with E-state index < -0.39 is 0 Å². The van der Waals surface area contributed by atoms with Crippen LogP contribution >= 0.6 is 15.2 Å². The average Bonchev–Trinajstić information content (AvgIpc) is 2.41. The second-order valence-electron chi connectivity index (χ2n) is 2.89. The van der Waals surface area contributed by atoms with Crippen molar-refractivity contribution in [2.24, 2.45) is 0 Å². The first-order chi connectivity index (χ1) is 4.79. The molecule has 0 aromatic rings. The molecule has 2 heteroatoms. The second kappa shape index (κ2) is 2.43. The number of rotatable bonds is 0. The maximum Gasteiger partial charge on any atom is -0.00306 e. The lowest BCUT2D eigenvalue weighted by Crippen LogP contribution is -1.74. The minimum absolute atomic E-state index is 0.291. The minimum Gasteiger partial charge on any atom is -0.0765 e. The number of hydrogen-bond donors (Lipinski definition) is 0. The first-order valence-corrected chi connectivity index (χ1v) is 8.10. The molecule has 0 amide bonds. The summed E-state index contributed by atoms with van der Waals surface area (Å²) < 4.78 is 0. The lowest BCUT2D eigenvalue weighted by molar-refractivity contribution is 1.42. The zero-order chi connectivity index (χ0) is 7.14. The van der Waals surface area contributed by atoms with Crippen molar-refractivity contribution in [3.63, 3.8) is 0 Å². The summed E-state index contributed by atoms with van der Waals surface area (Å²) in [5.41, 5.74) is 1.70. The van der Waals surface area contributed by atoms with Crippen LogP contribution in [0.3, 0.4) is 0 Å². The third-order valence-corrected chi connectivity index (χ3v) is 9.40. The van der Waals surface area contributed by atoms with E-state index in [1.807, 2.05) is 0 Å². The van der Waals surface area contributed by atoms with Crippen LogP contribution in [0.25, 0.3) is 0 Å². The fourth-order valence-electron chi connectivity index (χ4n) is 1.57. The summed E-state index contributed by atoms with van der Waals surface area (Å²) in [6, 6.07) is 0. The average molecular weight is 170 g/mol. The highest BCUT2D eigenvalue weighted by molar-refractivity contribution is 8.32. The Morgan fingerprint density at radius 3 is 2.80 bits per heavy atom. The first-order valence-electron chi connectivity index (χ1n) is 3.63. The molecule has 1 aliphatic carbocycles. The zero-order valence-electron chi connectivity index (χ0n) is 6.46. The van der Waals surface area contributed by atoms with Gasteiger partial charge in [0.15, 0.2) is 0 Å². The molecular weight excluding hydrogens is 158 g/mol. The Kier molecular flexibility index (Phi) is 1.71. The van der Waals surface area contributed by atoms with E-state index in [0.717, 1.165) is 0 Å². The highest BCUT2D eigenvalue weighted by Gasteiger charge is 2.28. The van der Waals surface area contributed by atoms with Crippen LogP contribution in [-0.2, 0) is 0 Å². The van der Waals surface area contributed by atoms with E-state index in [0.29, 0.717) is 15.2 Å². The number of fused-ring (bicyclic) bond motifs is 1. The summed E-state index contributed by atoms with van der Waals surface area (Å²) in [4.78, 5) is 0. The van der Waals surface area contributed by atoms with Crippen LogP contribution in [0.15, 0.2) is 23.0 Å². The number of allylic oxidation sites excluding steroid dienone is 4. The predicted octanol–water partition coefficient (Wildman–Crippen LogP) is 3.35. The van der Waals surface area contributed by atoms with Gasteiger partial charge in [-0.15, -0.1) is 0 Å². The van der Waals surface area contributed by atoms with Gasteiger partial charge in [-0.2, -0.15) is 0 Å². The van der Waals surface area contributed by atoms with Crippen molar-refractivity contribution in [1.82, 2.24) is 0 Å². The van der Waals surface area contributed by atoms with Gasteiger partial charge in [0.2, 0.25) is 0 Å². The smallest absolute Gasteiger partial charge is 0.00306 e. The van der Waals surface area contributed by atoms with E-state index in [9.17, 15) is 0 Å². The molecule has 0 aromatic heterocycles. The summed E-state index contributed by atoms with van der Waals surface area (Å²) in [6.07, 6.45) is 7.50. The molecule has 1 heterocycles. The van der Waals surface area contributed by atoms with Crippen molar-refractivity contribution in [1.29, 1.82) is 0 Å². The highest BCUT2D eigenvalue weighted by atomic mass is 32.1. The van der Waals surface area contributed by atoms with Gasteiger partial charge in [-0.05, 0) is 36.8 Å². The fraction of sp³-hybridized carbons (Fsp3) is 0.500. The quantitative estimate of drug-likeness (QED) is 0.489. The molecule has 0 N–H and O–H groups in total. The molecule has 2 aliphatic rings. The van der Waals surface area contributed by atoms with Crippen molar-refractivity contribution in [2.75, 3.05) is 19.5 Å². The van der Waals surface area contributed by atoms with Gasteiger partial charge in [-0.3, -0.25) is 0 Å². The Hall–Kier alpha value is 0.340. The summed E-state index contributed by atoms with van der Waals surface area (Å²) >= 11 is 0. The Bertz CT molecular complexity index is 215. The van der Waals surface area contributed by atoms with Gasteiger partial charge in [0, 0.05) is 0 Å². The molecule has 1 fully saturated rings. The van der Waals surface area contributed by atoms with Gasteiger partial charge < -0.3 is 0 Å².